The molecule has 0 heterocycles. The summed E-state index contributed by atoms with van der Waals surface area (Å²) < 4.78 is 15.7. The van der Waals surface area contributed by atoms with E-state index in [1.807, 2.05) is 5.29 Å². The van der Waals surface area contributed by atoms with Crippen molar-refractivity contribution >= 4 is 11.3 Å². The quantitative estimate of drug-likeness (QED) is 0.284. The van der Waals surface area contributed by atoms with Crippen LogP contribution >= 0.6 is 0 Å². The lowest BCUT2D eigenvalue weighted by molar-refractivity contribution is -0.124. The van der Waals surface area contributed by atoms with Crippen molar-refractivity contribution in [3.05, 3.63) is 4.91 Å². The van der Waals surface area contributed by atoms with Crippen LogP contribution in [0.4, 0.5) is 0 Å². The highest BCUT2D eigenvalue weighted by molar-refractivity contribution is 7.78. The van der Waals surface area contributed by atoms with Crippen molar-refractivity contribution in [1.82, 2.24) is 0 Å². The predicted molar refractivity (Wildman–Crippen MR) is 27.4 cm³/mol. The van der Waals surface area contributed by atoms with Crippen molar-refractivity contribution in [3.63, 3.8) is 0 Å². The van der Waals surface area contributed by atoms with Gasteiger partial charge in [-0.3, -0.25) is 0 Å². The fraction of sp³-hybridized carbons (Fsp3) is 0. The molecule has 1 atom stereocenters. The molecule has 0 saturated heterocycles. The molecule has 10 heteroatoms. The van der Waals surface area contributed by atoms with Crippen molar-refractivity contribution in [2.45, 2.75) is 0 Å². The average Bonchev–Trinajstić information content (AvgIpc) is 1.98. The summed E-state index contributed by atoms with van der Waals surface area (Å²) >= 11 is -2.31. The largest absolute Gasteiger partial charge is 0.334 e. The van der Waals surface area contributed by atoms with Gasteiger partial charge in [-0.1, -0.05) is 0 Å². The smallest absolute Gasteiger partial charge is 0.235 e. The maximum Gasteiger partial charge on any atom is 0.334 e. The molecule has 0 aliphatic carbocycles. The van der Waals surface area contributed by atoms with Gasteiger partial charge in [0.15, 0.2) is 0 Å². The third kappa shape index (κ3) is 5.02. The van der Waals surface area contributed by atoms with E-state index in [0.29, 0.717) is 0 Å². The van der Waals surface area contributed by atoms with Gasteiger partial charge >= 0.3 is 11.3 Å². The van der Waals surface area contributed by atoms with E-state index in [1.165, 1.54) is 0 Å². The van der Waals surface area contributed by atoms with E-state index in [-0.39, 0.29) is 0 Å². The summed E-state index contributed by atoms with van der Waals surface area (Å²) in [5, 5.41) is 17.2. The molecule has 0 aromatic heterocycles. The SMILES string of the molecule is O=N/N=N/N=NS(=O)OO. The molecule has 0 aliphatic rings. The molecule has 0 fully saturated rings. The Morgan fingerprint density at radius 1 is 1.30 bits per heavy atom. The van der Waals surface area contributed by atoms with E-state index in [1.54, 1.807) is 0 Å². The fourth-order valence-electron chi connectivity index (χ4n) is 0.0953. The Morgan fingerprint density at radius 3 is 2.50 bits per heavy atom. The van der Waals surface area contributed by atoms with Gasteiger partial charge in [0.1, 0.15) is 5.29 Å². The number of hydrogen-bond acceptors (Lipinski definition) is 4. The minimum atomic E-state index is -2.31. The molecule has 10 heavy (non-hydrogen) atoms. The Balaban J connectivity index is 3.65. The van der Waals surface area contributed by atoms with E-state index in [9.17, 15) is 4.21 Å². The van der Waals surface area contributed by atoms with E-state index in [0.717, 1.165) is 0 Å². The maximum absolute atomic E-state index is 9.94. The second-order valence-electron chi connectivity index (χ2n) is 0.723. The summed E-state index contributed by atoms with van der Waals surface area (Å²) in [6, 6.07) is 0. The van der Waals surface area contributed by atoms with Crippen molar-refractivity contribution < 1.29 is 13.8 Å². The first kappa shape index (κ1) is 8.87. The zero-order chi connectivity index (χ0) is 7.82. The Morgan fingerprint density at radius 2 is 2.00 bits per heavy atom. The molecule has 0 aromatic rings. The van der Waals surface area contributed by atoms with Crippen molar-refractivity contribution in [2.75, 3.05) is 0 Å². The first-order valence-corrected chi connectivity index (χ1v) is 2.71. The first-order chi connectivity index (χ1) is 4.81. The molecular weight excluding hydrogens is 166 g/mol. The fourth-order valence-corrected chi connectivity index (χ4v) is 0.217. The highest BCUT2D eigenvalue weighted by atomic mass is 32.2. The molecule has 0 bridgehead atoms. The van der Waals surface area contributed by atoms with Gasteiger partial charge < -0.3 is 0 Å². The van der Waals surface area contributed by atoms with E-state index >= 15 is 0 Å². The zero-order valence-electron chi connectivity index (χ0n) is 4.32. The molecule has 9 nitrogen and oxygen atoms in total. The third-order valence-electron chi connectivity index (χ3n) is 0.283. The van der Waals surface area contributed by atoms with Gasteiger partial charge in [-0.2, -0.15) is 4.21 Å². The lowest BCUT2D eigenvalue weighted by Crippen LogP contribution is -1.83. The van der Waals surface area contributed by atoms with Gasteiger partial charge in [0.05, 0.1) is 0 Å². The highest BCUT2D eigenvalue weighted by Gasteiger charge is 1.89. The molecule has 0 aromatic carbocycles. The molecule has 0 saturated carbocycles. The summed E-state index contributed by atoms with van der Waals surface area (Å²) in [5.41, 5.74) is 0. The summed E-state index contributed by atoms with van der Waals surface area (Å²) in [5.74, 6) is 0. The van der Waals surface area contributed by atoms with Gasteiger partial charge in [0.2, 0.25) is 0 Å². The molecule has 1 N–H and O–H groups in total. The van der Waals surface area contributed by atoms with Crippen LogP contribution in [0.5, 0.6) is 0 Å². The molecular formula is HN5O4S. The molecule has 56 valence electrons. The van der Waals surface area contributed by atoms with Gasteiger partial charge in [-0.15, -0.1) is 9.24 Å². The number of rotatable bonds is 4. The standard InChI is InChI=1S/HN5O4S/c6-4-2-1-3-5-10(8)9-7/h7H/b2-1+,5-3?. The van der Waals surface area contributed by atoms with Crippen LogP contribution in [0.2, 0.25) is 0 Å². The highest BCUT2D eigenvalue weighted by Crippen LogP contribution is 1.86. The Kier molecular flexibility index (Phi) is 5.32. The Labute approximate surface area is 56.5 Å². The first-order valence-electron chi connectivity index (χ1n) is 1.68. The summed E-state index contributed by atoms with van der Waals surface area (Å²) in [6.07, 6.45) is 0. The minimum Gasteiger partial charge on any atom is -0.235 e. The molecule has 0 radical (unpaired) electrons. The lowest BCUT2D eigenvalue weighted by Gasteiger charge is -1.77. The van der Waals surface area contributed by atoms with E-state index in [2.05, 4.69) is 24.5 Å². The Hall–Kier alpha value is -1.13. The van der Waals surface area contributed by atoms with Crippen LogP contribution in [-0.4, -0.2) is 9.47 Å². The number of hydrogen-bond donors (Lipinski definition) is 1. The second kappa shape index (κ2) is 6.00. The van der Waals surface area contributed by atoms with Crippen LogP contribution in [0.15, 0.2) is 25.5 Å². The summed E-state index contributed by atoms with van der Waals surface area (Å²) in [4.78, 5) is 9.15. The van der Waals surface area contributed by atoms with Gasteiger partial charge in [-0.05, 0) is 9.74 Å². The second-order valence-corrected chi connectivity index (χ2v) is 1.47. The summed E-state index contributed by atoms with van der Waals surface area (Å²) in [7, 11) is 0. The molecule has 0 rings (SSSR count). The van der Waals surface area contributed by atoms with E-state index in [4.69, 9.17) is 10.2 Å². The van der Waals surface area contributed by atoms with Gasteiger partial charge in [0.25, 0.3) is 0 Å². The molecule has 0 amide bonds. The van der Waals surface area contributed by atoms with E-state index < -0.39 is 11.3 Å². The minimum absolute atomic E-state index is 1.91. The maximum atomic E-state index is 9.94. The topological polar surface area (TPSA) is 125 Å². The van der Waals surface area contributed by atoms with Gasteiger partial charge in [0, 0.05) is 10.4 Å². The molecule has 0 spiro atoms. The van der Waals surface area contributed by atoms with Crippen molar-refractivity contribution in [1.29, 1.82) is 0 Å². The molecule has 1 unspecified atom stereocenters. The average molecular weight is 167 g/mol. The van der Waals surface area contributed by atoms with Crippen molar-refractivity contribution in [2.24, 2.45) is 25.5 Å². The van der Waals surface area contributed by atoms with Crippen LogP contribution in [0.3, 0.4) is 0 Å². The van der Waals surface area contributed by atoms with Gasteiger partial charge in [-0.25, -0.2) is 5.26 Å². The monoisotopic (exact) mass is 167 g/mol. The Bertz CT molecular complexity index is 172. The van der Waals surface area contributed by atoms with Crippen LogP contribution in [0.1, 0.15) is 0 Å². The number of nitroso groups, excluding NO2 is 1. The van der Waals surface area contributed by atoms with Crippen molar-refractivity contribution in [3.8, 4) is 0 Å². The predicted octanol–water partition coefficient (Wildman–Crippen LogP) is 0.556. The molecule has 0 aliphatic heterocycles. The number of nitrogens with zero attached hydrogens (tertiary/aromatic N) is 5. The van der Waals surface area contributed by atoms with Crippen LogP contribution in [0.25, 0.3) is 0 Å². The zero-order valence-corrected chi connectivity index (χ0v) is 5.13. The normalized spacial score (nSPS) is 14.5. The lowest BCUT2D eigenvalue weighted by atomic mass is 12.5. The summed E-state index contributed by atoms with van der Waals surface area (Å²) in [6.45, 7) is 0. The van der Waals surface area contributed by atoms with Crippen LogP contribution in [-0.2, 0) is 15.6 Å². The van der Waals surface area contributed by atoms with Crippen LogP contribution in [0, 0.1) is 4.91 Å². The van der Waals surface area contributed by atoms with Crippen LogP contribution < -0.4 is 0 Å². The third-order valence-corrected chi connectivity index (χ3v) is 0.617.